The molecule has 1 aromatic carbocycles. The molecule has 0 unspecified atom stereocenters. The molecule has 0 bridgehead atoms. The molecule has 2 aromatic rings. The van der Waals surface area contributed by atoms with Gasteiger partial charge in [0.15, 0.2) is 0 Å². The average molecular weight is 293 g/mol. The lowest BCUT2D eigenvalue weighted by Crippen LogP contribution is -1.87. The Balaban J connectivity index is 2.50. The van der Waals surface area contributed by atoms with E-state index in [2.05, 4.69) is 72.0 Å². The van der Waals surface area contributed by atoms with E-state index >= 15 is 0 Å². The molecule has 17 heavy (non-hydrogen) atoms. The zero-order chi connectivity index (χ0) is 12.6. The largest absolute Gasteiger partial charge is 0.281 e. The lowest BCUT2D eigenvalue weighted by Gasteiger charge is -2.04. The first-order chi connectivity index (χ1) is 8.00. The number of aromatic nitrogens is 2. The number of rotatable bonds is 2. The molecule has 0 spiro atoms. The van der Waals surface area contributed by atoms with Crippen molar-refractivity contribution in [3.63, 3.8) is 0 Å². The molecule has 2 nitrogen and oxygen atoms in total. The van der Waals surface area contributed by atoms with Gasteiger partial charge in [0.1, 0.15) is 5.69 Å². The summed E-state index contributed by atoms with van der Waals surface area (Å²) in [5.41, 5.74) is 5.91. The van der Waals surface area contributed by atoms with Gasteiger partial charge >= 0.3 is 0 Å². The van der Waals surface area contributed by atoms with Crippen LogP contribution in [0.25, 0.3) is 11.3 Å². The van der Waals surface area contributed by atoms with E-state index < -0.39 is 0 Å². The van der Waals surface area contributed by atoms with Gasteiger partial charge in [-0.1, -0.05) is 26.0 Å². The van der Waals surface area contributed by atoms with Crippen molar-refractivity contribution < 1.29 is 0 Å². The van der Waals surface area contributed by atoms with Crippen molar-refractivity contribution in [2.24, 2.45) is 0 Å². The highest BCUT2D eigenvalue weighted by Crippen LogP contribution is 2.32. The molecule has 0 atom stereocenters. The van der Waals surface area contributed by atoms with Crippen LogP contribution in [0.2, 0.25) is 0 Å². The Morgan fingerprint density at radius 3 is 2.41 bits per heavy atom. The number of aromatic amines is 1. The highest BCUT2D eigenvalue weighted by molar-refractivity contribution is 9.10. The van der Waals surface area contributed by atoms with Crippen molar-refractivity contribution in [2.75, 3.05) is 0 Å². The van der Waals surface area contributed by atoms with Crippen molar-refractivity contribution in [2.45, 2.75) is 33.6 Å². The lowest BCUT2D eigenvalue weighted by molar-refractivity contribution is 0.807. The molecule has 0 radical (unpaired) electrons. The standard InChI is InChI=1S/C14H17BrN2/c1-8(2)13-12(15)14(17-16-13)11-6-5-9(3)10(4)7-11/h5-8H,1-4H3,(H,16,17). The van der Waals surface area contributed by atoms with E-state index in [1.54, 1.807) is 0 Å². The third-order valence-electron chi connectivity index (χ3n) is 3.09. The van der Waals surface area contributed by atoms with Crippen LogP contribution in [0, 0.1) is 13.8 Å². The Hall–Kier alpha value is -1.09. The molecule has 0 saturated carbocycles. The van der Waals surface area contributed by atoms with Crippen LogP contribution < -0.4 is 0 Å². The van der Waals surface area contributed by atoms with E-state index in [-0.39, 0.29) is 0 Å². The van der Waals surface area contributed by atoms with Gasteiger partial charge in [0.25, 0.3) is 0 Å². The second-order valence-corrected chi connectivity index (χ2v) is 5.55. The van der Waals surface area contributed by atoms with Crippen LogP contribution in [0.1, 0.15) is 36.6 Å². The maximum atomic E-state index is 4.41. The van der Waals surface area contributed by atoms with Crippen LogP contribution in [0.3, 0.4) is 0 Å². The summed E-state index contributed by atoms with van der Waals surface area (Å²) in [5, 5.41) is 7.52. The van der Waals surface area contributed by atoms with Crippen LogP contribution in [0.4, 0.5) is 0 Å². The number of hydrogen-bond donors (Lipinski definition) is 1. The summed E-state index contributed by atoms with van der Waals surface area (Å²) >= 11 is 3.64. The molecule has 1 N–H and O–H groups in total. The zero-order valence-corrected chi connectivity index (χ0v) is 12.2. The van der Waals surface area contributed by atoms with Crippen LogP contribution in [0.5, 0.6) is 0 Å². The van der Waals surface area contributed by atoms with E-state index in [0.29, 0.717) is 5.92 Å². The lowest BCUT2D eigenvalue weighted by atomic mass is 10.0. The highest BCUT2D eigenvalue weighted by Gasteiger charge is 2.14. The summed E-state index contributed by atoms with van der Waals surface area (Å²) in [6, 6.07) is 6.44. The Labute approximate surface area is 111 Å². The number of nitrogens with zero attached hydrogens (tertiary/aromatic N) is 1. The Morgan fingerprint density at radius 1 is 1.18 bits per heavy atom. The Morgan fingerprint density at radius 2 is 1.88 bits per heavy atom. The van der Waals surface area contributed by atoms with Crippen LogP contribution >= 0.6 is 15.9 Å². The molecule has 0 saturated heterocycles. The molecular formula is C14H17BrN2. The van der Waals surface area contributed by atoms with Gasteiger partial charge in [-0.2, -0.15) is 5.10 Å². The average Bonchev–Trinajstić information content (AvgIpc) is 2.64. The number of hydrogen-bond acceptors (Lipinski definition) is 1. The van der Waals surface area contributed by atoms with Gasteiger partial charge in [0, 0.05) is 5.56 Å². The minimum absolute atomic E-state index is 0.442. The summed E-state index contributed by atoms with van der Waals surface area (Å²) in [5.74, 6) is 0.442. The van der Waals surface area contributed by atoms with Gasteiger partial charge in [-0.3, -0.25) is 5.10 Å². The van der Waals surface area contributed by atoms with Crippen LogP contribution in [-0.4, -0.2) is 10.2 Å². The molecule has 0 aliphatic carbocycles. The van der Waals surface area contributed by atoms with Crippen molar-refractivity contribution in [3.8, 4) is 11.3 Å². The first-order valence-corrected chi connectivity index (χ1v) is 6.61. The summed E-state index contributed by atoms with van der Waals surface area (Å²) in [7, 11) is 0. The molecule has 2 rings (SSSR count). The first kappa shape index (κ1) is 12.4. The highest BCUT2D eigenvalue weighted by atomic mass is 79.9. The minimum atomic E-state index is 0.442. The maximum absolute atomic E-state index is 4.41. The van der Waals surface area contributed by atoms with Crippen molar-refractivity contribution in [1.29, 1.82) is 0 Å². The maximum Gasteiger partial charge on any atom is 0.107 e. The van der Waals surface area contributed by atoms with Gasteiger partial charge in [0.05, 0.1) is 10.2 Å². The third kappa shape index (κ3) is 2.29. The smallest absolute Gasteiger partial charge is 0.107 e. The van der Waals surface area contributed by atoms with Crippen molar-refractivity contribution in [3.05, 3.63) is 39.5 Å². The van der Waals surface area contributed by atoms with Gasteiger partial charge in [-0.25, -0.2) is 0 Å². The topological polar surface area (TPSA) is 28.7 Å². The first-order valence-electron chi connectivity index (χ1n) is 5.82. The van der Waals surface area contributed by atoms with Crippen molar-refractivity contribution in [1.82, 2.24) is 10.2 Å². The summed E-state index contributed by atoms with van der Waals surface area (Å²) in [4.78, 5) is 0. The number of halogens is 1. The van der Waals surface area contributed by atoms with Gasteiger partial charge in [0.2, 0.25) is 0 Å². The molecule has 1 heterocycles. The van der Waals surface area contributed by atoms with E-state index in [9.17, 15) is 0 Å². The molecule has 0 amide bonds. The van der Waals surface area contributed by atoms with Gasteiger partial charge in [-0.15, -0.1) is 0 Å². The number of nitrogens with one attached hydrogen (secondary N) is 1. The van der Waals surface area contributed by atoms with Crippen LogP contribution in [0.15, 0.2) is 22.7 Å². The molecule has 0 fully saturated rings. The minimum Gasteiger partial charge on any atom is -0.281 e. The summed E-state index contributed by atoms with van der Waals surface area (Å²) < 4.78 is 1.08. The van der Waals surface area contributed by atoms with E-state index in [0.717, 1.165) is 21.4 Å². The second kappa shape index (κ2) is 4.65. The monoisotopic (exact) mass is 292 g/mol. The normalized spacial score (nSPS) is 11.2. The fraction of sp³-hybridized carbons (Fsp3) is 0.357. The predicted octanol–water partition coefficient (Wildman–Crippen LogP) is 4.58. The van der Waals surface area contributed by atoms with E-state index in [1.807, 2.05) is 0 Å². The SMILES string of the molecule is Cc1ccc(-c2n[nH]c(C(C)C)c2Br)cc1C. The molecule has 1 aromatic heterocycles. The second-order valence-electron chi connectivity index (χ2n) is 4.75. The Kier molecular flexibility index (Phi) is 3.38. The molecule has 90 valence electrons. The number of H-pyrrole nitrogens is 1. The quantitative estimate of drug-likeness (QED) is 0.862. The predicted molar refractivity (Wildman–Crippen MR) is 75.3 cm³/mol. The molecule has 0 aliphatic heterocycles. The fourth-order valence-electron chi connectivity index (χ4n) is 1.80. The zero-order valence-electron chi connectivity index (χ0n) is 10.6. The molecule has 3 heteroatoms. The Bertz CT molecular complexity index is 541. The summed E-state index contributed by atoms with van der Waals surface area (Å²) in [6.45, 7) is 8.56. The number of benzene rings is 1. The third-order valence-corrected chi connectivity index (χ3v) is 3.89. The number of aryl methyl sites for hydroxylation is 2. The van der Waals surface area contributed by atoms with E-state index in [1.165, 1.54) is 11.1 Å². The fourth-order valence-corrected chi connectivity index (χ4v) is 2.67. The molecule has 0 aliphatic rings. The van der Waals surface area contributed by atoms with Gasteiger partial charge in [-0.05, 0) is 52.9 Å². The van der Waals surface area contributed by atoms with Crippen LogP contribution in [-0.2, 0) is 0 Å². The molecular weight excluding hydrogens is 276 g/mol. The van der Waals surface area contributed by atoms with Crippen molar-refractivity contribution >= 4 is 15.9 Å². The summed E-state index contributed by atoms with van der Waals surface area (Å²) in [6.07, 6.45) is 0. The van der Waals surface area contributed by atoms with Gasteiger partial charge < -0.3 is 0 Å². The van der Waals surface area contributed by atoms with E-state index in [4.69, 9.17) is 0 Å².